The van der Waals surface area contributed by atoms with Crippen LogP contribution in [0.1, 0.15) is 24.8 Å². The van der Waals surface area contributed by atoms with Crippen molar-refractivity contribution in [3.63, 3.8) is 0 Å². The van der Waals surface area contributed by atoms with E-state index in [-0.39, 0.29) is 5.82 Å². The van der Waals surface area contributed by atoms with Gasteiger partial charge in [0.25, 0.3) is 0 Å². The van der Waals surface area contributed by atoms with Crippen molar-refractivity contribution in [2.24, 2.45) is 5.73 Å². The van der Waals surface area contributed by atoms with Crippen LogP contribution in [0.25, 0.3) is 0 Å². The standard InChI is InChI=1S/C12H14FNO2/c13-8-2-3-9-11(16-7-1-6-15-9)10(8)12(14)4-5-12/h2-3H,1,4-7,14H2. The summed E-state index contributed by atoms with van der Waals surface area (Å²) in [7, 11) is 0. The molecule has 0 atom stereocenters. The zero-order valence-corrected chi connectivity index (χ0v) is 8.96. The topological polar surface area (TPSA) is 44.5 Å². The molecule has 1 saturated carbocycles. The molecule has 0 bridgehead atoms. The van der Waals surface area contributed by atoms with Crippen molar-refractivity contribution in [2.45, 2.75) is 24.8 Å². The average molecular weight is 223 g/mol. The molecule has 0 amide bonds. The Hall–Kier alpha value is -1.29. The molecular weight excluding hydrogens is 209 g/mol. The minimum absolute atomic E-state index is 0.288. The van der Waals surface area contributed by atoms with Gasteiger partial charge in [0.2, 0.25) is 0 Å². The van der Waals surface area contributed by atoms with Gasteiger partial charge in [0.1, 0.15) is 5.82 Å². The molecule has 1 fully saturated rings. The van der Waals surface area contributed by atoms with Gasteiger partial charge in [-0.1, -0.05) is 0 Å². The average Bonchev–Trinajstić information content (AvgIpc) is 3.02. The van der Waals surface area contributed by atoms with Crippen LogP contribution >= 0.6 is 0 Å². The predicted molar refractivity (Wildman–Crippen MR) is 57.1 cm³/mol. The third-order valence-corrected chi connectivity index (χ3v) is 3.15. The quantitative estimate of drug-likeness (QED) is 0.791. The molecule has 3 rings (SSSR count). The summed E-state index contributed by atoms with van der Waals surface area (Å²) in [5.41, 5.74) is 6.02. The van der Waals surface area contributed by atoms with Crippen LogP contribution in [-0.2, 0) is 5.54 Å². The van der Waals surface area contributed by atoms with E-state index in [1.165, 1.54) is 6.07 Å². The molecule has 0 aromatic heterocycles. The molecular formula is C12H14FNO2. The number of halogens is 1. The first-order valence-corrected chi connectivity index (χ1v) is 5.58. The van der Waals surface area contributed by atoms with Gasteiger partial charge >= 0.3 is 0 Å². The molecule has 4 heteroatoms. The number of fused-ring (bicyclic) bond motifs is 1. The van der Waals surface area contributed by atoms with Crippen LogP contribution in [0.5, 0.6) is 11.5 Å². The van der Waals surface area contributed by atoms with Gasteiger partial charge in [0, 0.05) is 12.0 Å². The Kier molecular flexibility index (Phi) is 2.07. The number of benzene rings is 1. The zero-order valence-electron chi connectivity index (χ0n) is 8.96. The lowest BCUT2D eigenvalue weighted by Gasteiger charge is -2.17. The summed E-state index contributed by atoms with van der Waals surface area (Å²) >= 11 is 0. The monoisotopic (exact) mass is 223 g/mol. The molecule has 2 aliphatic rings. The molecule has 0 unspecified atom stereocenters. The summed E-state index contributed by atoms with van der Waals surface area (Å²) in [6.45, 7) is 1.16. The second-order valence-electron chi connectivity index (χ2n) is 4.46. The van der Waals surface area contributed by atoms with Gasteiger partial charge < -0.3 is 15.2 Å². The van der Waals surface area contributed by atoms with E-state index in [4.69, 9.17) is 15.2 Å². The van der Waals surface area contributed by atoms with E-state index in [0.29, 0.717) is 30.3 Å². The highest BCUT2D eigenvalue weighted by molar-refractivity contribution is 5.52. The van der Waals surface area contributed by atoms with E-state index in [0.717, 1.165) is 19.3 Å². The summed E-state index contributed by atoms with van der Waals surface area (Å²) in [4.78, 5) is 0. The number of hydrogen-bond acceptors (Lipinski definition) is 3. The Morgan fingerprint density at radius 1 is 1.19 bits per heavy atom. The summed E-state index contributed by atoms with van der Waals surface area (Å²) in [6, 6.07) is 3.03. The number of rotatable bonds is 1. The van der Waals surface area contributed by atoms with Gasteiger partial charge in [-0.25, -0.2) is 4.39 Å². The lowest BCUT2D eigenvalue weighted by atomic mass is 10.0. The van der Waals surface area contributed by atoms with Crippen LogP contribution < -0.4 is 15.2 Å². The molecule has 0 spiro atoms. The third-order valence-electron chi connectivity index (χ3n) is 3.15. The highest BCUT2D eigenvalue weighted by Gasteiger charge is 2.45. The molecule has 1 aromatic carbocycles. The van der Waals surface area contributed by atoms with Crippen LogP contribution in [0, 0.1) is 5.82 Å². The van der Waals surface area contributed by atoms with Crippen molar-refractivity contribution in [1.82, 2.24) is 0 Å². The van der Waals surface area contributed by atoms with E-state index in [9.17, 15) is 4.39 Å². The van der Waals surface area contributed by atoms with Crippen LogP contribution in [0.2, 0.25) is 0 Å². The fourth-order valence-electron chi connectivity index (χ4n) is 2.06. The Morgan fingerprint density at radius 3 is 2.69 bits per heavy atom. The van der Waals surface area contributed by atoms with Crippen molar-refractivity contribution in [1.29, 1.82) is 0 Å². The molecule has 2 N–H and O–H groups in total. The molecule has 1 aromatic rings. The van der Waals surface area contributed by atoms with Crippen LogP contribution in [0.15, 0.2) is 12.1 Å². The largest absolute Gasteiger partial charge is 0.490 e. The maximum Gasteiger partial charge on any atom is 0.169 e. The predicted octanol–water partition coefficient (Wildman–Crippen LogP) is 1.93. The maximum atomic E-state index is 13.8. The first-order chi connectivity index (χ1) is 7.71. The smallest absolute Gasteiger partial charge is 0.169 e. The number of ether oxygens (including phenoxy) is 2. The lowest BCUT2D eigenvalue weighted by Crippen LogP contribution is -2.21. The van der Waals surface area contributed by atoms with E-state index in [1.54, 1.807) is 6.07 Å². The molecule has 1 heterocycles. The Bertz CT molecular complexity index is 429. The molecule has 86 valence electrons. The lowest BCUT2D eigenvalue weighted by molar-refractivity contribution is 0.295. The maximum absolute atomic E-state index is 13.8. The van der Waals surface area contributed by atoms with Gasteiger partial charge in [-0.15, -0.1) is 0 Å². The second kappa shape index (κ2) is 3.35. The zero-order chi connectivity index (χ0) is 11.2. The van der Waals surface area contributed by atoms with Gasteiger partial charge in [-0.05, 0) is 25.0 Å². The van der Waals surface area contributed by atoms with Crippen LogP contribution in [0.3, 0.4) is 0 Å². The minimum atomic E-state index is -0.539. The van der Waals surface area contributed by atoms with Crippen LogP contribution in [0.4, 0.5) is 4.39 Å². The fraction of sp³-hybridized carbons (Fsp3) is 0.500. The first kappa shape index (κ1) is 9.90. The summed E-state index contributed by atoms with van der Waals surface area (Å²) < 4.78 is 24.9. The highest BCUT2D eigenvalue weighted by atomic mass is 19.1. The highest BCUT2D eigenvalue weighted by Crippen LogP contribution is 2.50. The van der Waals surface area contributed by atoms with E-state index in [1.807, 2.05) is 0 Å². The number of hydrogen-bond donors (Lipinski definition) is 1. The van der Waals surface area contributed by atoms with Crippen molar-refractivity contribution in [3.8, 4) is 11.5 Å². The normalized spacial score (nSPS) is 21.4. The first-order valence-electron chi connectivity index (χ1n) is 5.58. The Balaban J connectivity index is 2.14. The SMILES string of the molecule is NC1(c2c(F)ccc3c2OCCCO3)CC1. The molecule has 16 heavy (non-hydrogen) atoms. The molecule has 1 aliphatic heterocycles. The van der Waals surface area contributed by atoms with E-state index in [2.05, 4.69) is 0 Å². The van der Waals surface area contributed by atoms with Gasteiger partial charge in [-0.3, -0.25) is 0 Å². The summed E-state index contributed by atoms with van der Waals surface area (Å²) in [5.74, 6) is 0.840. The van der Waals surface area contributed by atoms with Crippen molar-refractivity contribution >= 4 is 0 Å². The molecule has 3 nitrogen and oxygen atoms in total. The summed E-state index contributed by atoms with van der Waals surface area (Å²) in [5, 5.41) is 0. The minimum Gasteiger partial charge on any atom is -0.490 e. The number of nitrogens with two attached hydrogens (primary N) is 1. The van der Waals surface area contributed by atoms with E-state index < -0.39 is 5.54 Å². The Labute approximate surface area is 93.3 Å². The van der Waals surface area contributed by atoms with Gasteiger partial charge in [0.05, 0.1) is 18.8 Å². The molecule has 1 aliphatic carbocycles. The van der Waals surface area contributed by atoms with Crippen LogP contribution in [-0.4, -0.2) is 13.2 Å². The molecule has 0 radical (unpaired) electrons. The molecule has 0 saturated heterocycles. The fourth-order valence-corrected chi connectivity index (χ4v) is 2.06. The second-order valence-corrected chi connectivity index (χ2v) is 4.46. The van der Waals surface area contributed by atoms with Crippen molar-refractivity contribution in [3.05, 3.63) is 23.5 Å². The van der Waals surface area contributed by atoms with Crippen molar-refractivity contribution in [2.75, 3.05) is 13.2 Å². The Morgan fingerprint density at radius 2 is 1.94 bits per heavy atom. The third kappa shape index (κ3) is 1.45. The van der Waals surface area contributed by atoms with Gasteiger partial charge in [-0.2, -0.15) is 0 Å². The van der Waals surface area contributed by atoms with Crippen molar-refractivity contribution < 1.29 is 13.9 Å². The summed E-state index contributed by atoms with van der Waals surface area (Å²) in [6.07, 6.45) is 2.43. The van der Waals surface area contributed by atoms with E-state index >= 15 is 0 Å². The van der Waals surface area contributed by atoms with Gasteiger partial charge in [0.15, 0.2) is 11.5 Å².